The molecule has 1 unspecified atom stereocenters. The zero-order chi connectivity index (χ0) is 13.0. The first-order chi connectivity index (χ1) is 8.62. The average Bonchev–Trinajstić information content (AvgIpc) is 2.72. The second kappa shape index (κ2) is 5.36. The maximum Gasteiger partial charge on any atom is 0.281 e. The van der Waals surface area contributed by atoms with Crippen LogP contribution >= 0.6 is 0 Å². The van der Waals surface area contributed by atoms with Gasteiger partial charge in [0.05, 0.1) is 6.54 Å². The minimum absolute atomic E-state index is 0.194. The van der Waals surface area contributed by atoms with Crippen molar-refractivity contribution in [1.82, 2.24) is 5.32 Å². The van der Waals surface area contributed by atoms with E-state index in [2.05, 4.69) is 11.2 Å². The van der Waals surface area contributed by atoms with E-state index < -0.39 is 16.2 Å². The van der Waals surface area contributed by atoms with Crippen LogP contribution in [0.2, 0.25) is 0 Å². The summed E-state index contributed by atoms with van der Waals surface area (Å²) >= 11 is 0. The molecule has 18 heavy (non-hydrogen) atoms. The lowest BCUT2D eigenvalue weighted by molar-refractivity contribution is 0.263. The van der Waals surface area contributed by atoms with Crippen LogP contribution in [0, 0.1) is 12.3 Å². The van der Waals surface area contributed by atoms with Gasteiger partial charge < -0.3 is 0 Å². The zero-order valence-electron chi connectivity index (χ0n) is 9.67. The van der Waals surface area contributed by atoms with Crippen LogP contribution in [0.15, 0.2) is 30.3 Å². The molecule has 5 heteroatoms. The third kappa shape index (κ3) is 2.99. The lowest BCUT2D eigenvalue weighted by Gasteiger charge is -2.12. The normalized spacial score (nSPS) is 17.4. The van der Waals surface area contributed by atoms with E-state index in [0.29, 0.717) is 0 Å². The van der Waals surface area contributed by atoms with Crippen molar-refractivity contribution >= 4 is 16.2 Å². The molecule has 0 heterocycles. The first-order valence-electron chi connectivity index (χ1n) is 5.45. The molecule has 0 bridgehead atoms. The zero-order valence-corrected chi connectivity index (χ0v) is 10.5. The van der Waals surface area contributed by atoms with E-state index in [4.69, 9.17) is 10.6 Å². The van der Waals surface area contributed by atoms with Gasteiger partial charge in [0.15, 0.2) is 0 Å². The van der Waals surface area contributed by atoms with E-state index in [1.807, 2.05) is 30.3 Å². The second-order valence-corrected chi connectivity index (χ2v) is 5.43. The summed E-state index contributed by atoms with van der Waals surface area (Å²) in [5.41, 5.74) is 1.84. The molecule has 1 N–H and O–H groups in total. The SMILES string of the molecule is C#CCNCS(=O)(=O)OC1C=Cc2ccccc21. The predicted molar refractivity (Wildman–Crippen MR) is 69.9 cm³/mol. The van der Waals surface area contributed by atoms with E-state index in [1.54, 1.807) is 6.08 Å². The fourth-order valence-corrected chi connectivity index (χ4v) is 2.64. The van der Waals surface area contributed by atoms with E-state index >= 15 is 0 Å². The third-order valence-electron chi connectivity index (χ3n) is 2.51. The molecular weight excluding hydrogens is 250 g/mol. The van der Waals surface area contributed by atoms with Crippen LogP contribution in [-0.2, 0) is 14.3 Å². The minimum Gasteiger partial charge on any atom is -0.291 e. The van der Waals surface area contributed by atoms with E-state index in [-0.39, 0.29) is 12.4 Å². The molecule has 0 fully saturated rings. The Bertz CT molecular complexity index is 599. The Morgan fingerprint density at radius 1 is 1.39 bits per heavy atom. The van der Waals surface area contributed by atoms with Crippen molar-refractivity contribution < 1.29 is 12.6 Å². The van der Waals surface area contributed by atoms with Gasteiger partial charge in [-0.2, -0.15) is 8.42 Å². The van der Waals surface area contributed by atoms with Crippen LogP contribution in [-0.4, -0.2) is 20.8 Å². The Hall–Kier alpha value is -1.61. The van der Waals surface area contributed by atoms with Crippen molar-refractivity contribution in [2.24, 2.45) is 0 Å². The highest BCUT2D eigenvalue weighted by Gasteiger charge is 2.23. The molecule has 0 saturated heterocycles. The minimum atomic E-state index is -3.64. The second-order valence-electron chi connectivity index (χ2n) is 3.84. The largest absolute Gasteiger partial charge is 0.291 e. The van der Waals surface area contributed by atoms with Gasteiger partial charge in [0.25, 0.3) is 10.1 Å². The lowest BCUT2D eigenvalue weighted by Crippen LogP contribution is -2.25. The Labute approximate surface area is 107 Å². The van der Waals surface area contributed by atoms with Gasteiger partial charge >= 0.3 is 0 Å². The van der Waals surface area contributed by atoms with Crippen LogP contribution in [0.25, 0.3) is 6.08 Å². The highest BCUT2D eigenvalue weighted by molar-refractivity contribution is 7.86. The molecule has 0 radical (unpaired) electrons. The fraction of sp³-hybridized carbons (Fsp3) is 0.231. The molecule has 1 aliphatic carbocycles. The number of rotatable bonds is 5. The van der Waals surface area contributed by atoms with Crippen molar-refractivity contribution in [1.29, 1.82) is 0 Å². The summed E-state index contributed by atoms with van der Waals surface area (Å²) in [6, 6.07) is 7.52. The number of terminal acetylenes is 1. The molecule has 94 valence electrons. The number of fused-ring (bicyclic) bond motifs is 1. The summed E-state index contributed by atoms with van der Waals surface area (Å²) in [6.07, 6.45) is 8.06. The molecule has 2 rings (SSSR count). The first-order valence-corrected chi connectivity index (χ1v) is 7.02. The topological polar surface area (TPSA) is 55.4 Å². The summed E-state index contributed by atoms with van der Waals surface area (Å²) in [6.45, 7) is 0.194. The van der Waals surface area contributed by atoms with Crippen molar-refractivity contribution in [3.8, 4) is 12.3 Å². The molecule has 1 atom stereocenters. The van der Waals surface area contributed by atoms with E-state index in [9.17, 15) is 8.42 Å². The quantitative estimate of drug-likeness (QED) is 0.494. The Morgan fingerprint density at radius 3 is 2.94 bits per heavy atom. The van der Waals surface area contributed by atoms with Crippen LogP contribution in [0.4, 0.5) is 0 Å². The predicted octanol–water partition coefficient (Wildman–Crippen LogP) is 1.28. The molecular formula is C13H13NO3S. The summed E-state index contributed by atoms with van der Waals surface area (Å²) in [5.74, 6) is 2.02. The number of hydrogen-bond acceptors (Lipinski definition) is 4. The van der Waals surface area contributed by atoms with E-state index in [1.165, 1.54) is 0 Å². The Morgan fingerprint density at radius 2 is 2.17 bits per heavy atom. The standard InChI is InChI=1S/C13H13NO3S/c1-2-9-14-10-18(15,16)17-13-8-7-11-5-3-4-6-12(11)13/h1,3-8,13-14H,9-10H2. The maximum atomic E-state index is 11.7. The van der Waals surface area contributed by atoms with Gasteiger partial charge in [0.1, 0.15) is 12.0 Å². The van der Waals surface area contributed by atoms with Crippen LogP contribution in [0.3, 0.4) is 0 Å². The van der Waals surface area contributed by atoms with Gasteiger partial charge in [0, 0.05) is 0 Å². The van der Waals surface area contributed by atoms with Gasteiger partial charge in [-0.1, -0.05) is 36.3 Å². The Balaban J connectivity index is 2.04. The molecule has 1 aliphatic rings. The van der Waals surface area contributed by atoms with Crippen LogP contribution < -0.4 is 5.32 Å². The van der Waals surface area contributed by atoms with Crippen molar-refractivity contribution in [3.05, 3.63) is 41.5 Å². The highest BCUT2D eigenvalue weighted by Crippen LogP contribution is 2.31. The fourth-order valence-electron chi connectivity index (χ4n) is 1.74. The maximum absolute atomic E-state index is 11.7. The van der Waals surface area contributed by atoms with Crippen molar-refractivity contribution in [2.45, 2.75) is 6.10 Å². The molecule has 1 aromatic carbocycles. The van der Waals surface area contributed by atoms with Crippen LogP contribution in [0.1, 0.15) is 17.2 Å². The van der Waals surface area contributed by atoms with E-state index in [0.717, 1.165) is 11.1 Å². The van der Waals surface area contributed by atoms with Gasteiger partial charge in [0.2, 0.25) is 0 Å². The summed E-state index contributed by atoms with van der Waals surface area (Å²) in [7, 11) is -3.64. The molecule has 0 spiro atoms. The lowest BCUT2D eigenvalue weighted by atomic mass is 10.1. The molecule has 1 aromatic rings. The Kier molecular flexibility index (Phi) is 3.82. The molecule has 0 aliphatic heterocycles. The average molecular weight is 263 g/mol. The van der Waals surface area contributed by atoms with Crippen molar-refractivity contribution in [3.63, 3.8) is 0 Å². The highest BCUT2D eigenvalue weighted by atomic mass is 32.2. The summed E-state index contributed by atoms with van der Waals surface area (Å²) in [5, 5.41) is 2.60. The van der Waals surface area contributed by atoms with Gasteiger partial charge in [-0.3, -0.25) is 9.50 Å². The van der Waals surface area contributed by atoms with Crippen LogP contribution in [0.5, 0.6) is 0 Å². The third-order valence-corrected chi connectivity index (χ3v) is 3.57. The monoisotopic (exact) mass is 263 g/mol. The first kappa shape index (κ1) is 12.8. The number of benzene rings is 1. The van der Waals surface area contributed by atoms with Gasteiger partial charge in [-0.25, -0.2) is 0 Å². The molecule has 4 nitrogen and oxygen atoms in total. The smallest absolute Gasteiger partial charge is 0.281 e. The summed E-state index contributed by atoms with van der Waals surface area (Å²) in [4.78, 5) is 0. The molecule has 0 amide bonds. The summed E-state index contributed by atoms with van der Waals surface area (Å²) < 4.78 is 28.5. The number of hydrogen-bond donors (Lipinski definition) is 1. The van der Waals surface area contributed by atoms with Crippen molar-refractivity contribution in [2.75, 3.05) is 12.4 Å². The number of nitrogens with one attached hydrogen (secondary N) is 1. The molecule has 0 saturated carbocycles. The van der Waals surface area contributed by atoms with Gasteiger partial charge in [-0.05, 0) is 17.2 Å². The molecule has 0 aromatic heterocycles. The van der Waals surface area contributed by atoms with Gasteiger partial charge in [-0.15, -0.1) is 6.42 Å².